The minimum Gasteiger partial charge on any atom is -0.435 e. The normalized spacial score (nSPS) is 13.7. The van der Waals surface area contributed by atoms with Gasteiger partial charge in [0.15, 0.2) is 0 Å². The van der Waals surface area contributed by atoms with E-state index >= 15 is 0 Å². The van der Waals surface area contributed by atoms with Crippen molar-refractivity contribution < 1.29 is 57.1 Å². The lowest BCUT2D eigenvalue weighted by molar-refractivity contribution is -0.197. The van der Waals surface area contributed by atoms with Crippen molar-refractivity contribution in [1.82, 2.24) is 21.0 Å². The first-order valence-corrected chi connectivity index (χ1v) is 13.2. The van der Waals surface area contributed by atoms with Crippen molar-refractivity contribution in [3.05, 3.63) is 29.8 Å². The van der Waals surface area contributed by atoms with Gasteiger partial charge in [0.2, 0.25) is 29.5 Å². The minimum atomic E-state index is -1.95. The molecular formula is C26H31FN6O11. The summed E-state index contributed by atoms with van der Waals surface area (Å²) in [6, 6.07) is 3.18. The maximum absolute atomic E-state index is 12.6. The van der Waals surface area contributed by atoms with Crippen molar-refractivity contribution >= 4 is 59.2 Å². The highest BCUT2D eigenvalue weighted by Crippen LogP contribution is 2.14. The van der Waals surface area contributed by atoms with Crippen molar-refractivity contribution in [2.75, 3.05) is 11.9 Å². The third-order valence-electron chi connectivity index (χ3n) is 5.81. The van der Waals surface area contributed by atoms with Crippen LogP contribution < -0.4 is 27.0 Å². The van der Waals surface area contributed by atoms with Gasteiger partial charge in [0.1, 0.15) is 18.7 Å². The number of hydrogen-bond donors (Lipinski definition) is 5. The fraction of sp³-hybridized carbons (Fsp3) is 0.423. The minimum absolute atomic E-state index is 0.000338. The molecule has 2 rings (SSSR count). The lowest BCUT2D eigenvalue weighted by atomic mass is 10.1. The number of carbonyl (C=O) groups is 9. The molecule has 7 amide bonds. The smallest absolute Gasteiger partial charge is 0.435 e. The van der Waals surface area contributed by atoms with E-state index in [4.69, 9.17) is 10.6 Å². The quantitative estimate of drug-likeness (QED) is 0.110. The van der Waals surface area contributed by atoms with E-state index in [1.165, 1.54) is 31.2 Å². The number of halogens is 1. The molecule has 0 radical (unpaired) electrons. The molecule has 1 saturated heterocycles. The van der Waals surface area contributed by atoms with E-state index in [0.717, 1.165) is 0 Å². The van der Waals surface area contributed by atoms with Crippen molar-refractivity contribution in [2.45, 2.75) is 64.1 Å². The van der Waals surface area contributed by atoms with Crippen molar-refractivity contribution in [2.24, 2.45) is 5.73 Å². The lowest BCUT2D eigenvalue weighted by Gasteiger charge is -2.18. The van der Waals surface area contributed by atoms with E-state index in [9.17, 15) is 47.5 Å². The van der Waals surface area contributed by atoms with Gasteiger partial charge in [0, 0.05) is 31.4 Å². The number of ether oxygens (including phenoxy) is 1. The maximum atomic E-state index is 12.6. The Hall–Kier alpha value is -5.42. The molecule has 6 N–H and O–H groups in total. The fourth-order valence-electron chi connectivity index (χ4n) is 3.61. The Morgan fingerprint density at radius 3 is 2.16 bits per heavy atom. The first kappa shape index (κ1) is 34.8. The molecule has 1 aliphatic heterocycles. The number of nitrogens with two attached hydrogens (primary N) is 1. The van der Waals surface area contributed by atoms with E-state index in [2.05, 4.69) is 26.0 Å². The molecule has 0 aliphatic carbocycles. The number of anilines is 1. The molecule has 17 nitrogen and oxygen atoms in total. The molecule has 1 heterocycles. The Kier molecular flexibility index (Phi) is 13.3. The molecule has 0 spiro atoms. The van der Waals surface area contributed by atoms with Gasteiger partial charge in [0.25, 0.3) is 11.8 Å². The van der Waals surface area contributed by atoms with Crippen LogP contribution in [0.2, 0.25) is 0 Å². The van der Waals surface area contributed by atoms with Gasteiger partial charge in [-0.2, -0.15) is 0 Å². The number of imide groups is 1. The number of amides is 7. The molecule has 238 valence electrons. The molecule has 1 aromatic rings. The Balaban J connectivity index is 1.75. The molecule has 1 aliphatic rings. The highest BCUT2D eigenvalue weighted by molar-refractivity contribution is 6.02. The number of carbonyl (C=O) groups excluding carboxylic acids is 9. The number of hydrogen-bond acceptors (Lipinski definition) is 11. The predicted octanol–water partition coefficient (Wildman–Crippen LogP) is -1.01. The molecule has 44 heavy (non-hydrogen) atoms. The van der Waals surface area contributed by atoms with Crippen LogP contribution in [0.15, 0.2) is 24.3 Å². The van der Waals surface area contributed by atoms with Crippen LogP contribution >= 0.6 is 0 Å². The highest BCUT2D eigenvalue weighted by atomic mass is 19.1. The SMILES string of the molecule is CC(NC(=O)CCCC(=O)ON1C(=O)CCC1=O)C(=O)NCC(=O)NC(CC(N)=O)C(=O)Nc1ccc(COC(=O)F)cc1. The average Bonchev–Trinajstić information content (AvgIpc) is 3.26. The molecule has 1 fully saturated rings. The van der Waals surface area contributed by atoms with Crippen molar-refractivity contribution in [3.8, 4) is 0 Å². The third kappa shape index (κ3) is 12.2. The Morgan fingerprint density at radius 2 is 1.57 bits per heavy atom. The molecule has 2 unspecified atom stereocenters. The largest absolute Gasteiger partial charge is 0.495 e. The number of benzene rings is 1. The van der Waals surface area contributed by atoms with Crippen LogP contribution in [0.5, 0.6) is 0 Å². The van der Waals surface area contributed by atoms with Crippen LogP contribution in [0.25, 0.3) is 0 Å². The standard InChI is InChI=1S/C26H31FN6O11/c1-14(30-19(35)3-2-4-23(39)44-33-21(37)9-10-22(33)38)24(40)29-12-20(36)32-17(11-18(28)34)25(41)31-16-7-5-15(6-8-16)13-43-26(27)42/h5-8,14,17H,2-4,9-13H2,1H3,(H2,28,34)(H,29,40)(H,30,35)(H,31,41)(H,32,36). The van der Waals surface area contributed by atoms with Crippen LogP contribution in [-0.4, -0.2) is 77.2 Å². The number of nitrogens with zero attached hydrogens (tertiary/aromatic N) is 1. The summed E-state index contributed by atoms with van der Waals surface area (Å²) in [6.07, 6.45) is -3.08. The zero-order valence-corrected chi connectivity index (χ0v) is 23.5. The number of nitrogens with one attached hydrogen (secondary N) is 4. The van der Waals surface area contributed by atoms with Gasteiger partial charge in [-0.25, -0.2) is 9.59 Å². The van der Waals surface area contributed by atoms with E-state index in [1.807, 2.05) is 0 Å². The maximum Gasteiger partial charge on any atom is 0.495 e. The van der Waals surface area contributed by atoms with E-state index in [0.29, 0.717) is 10.6 Å². The molecule has 0 aromatic heterocycles. The summed E-state index contributed by atoms with van der Waals surface area (Å²) in [6.45, 7) is 0.380. The van der Waals surface area contributed by atoms with E-state index < -0.39 is 78.6 Å². The van der Waals surface area contributed by atoms with Crippen LogP contribution in [0, 0.1) is 0 Å². The molecule has 0 saturated carbocycles. The molecule has 1 aromatic carbocycles. The summed E-state index contributed by atoms with van der Waals surface area (Å²) in [4.78, 5) is 111. The molecule has 0 bridgehead atoms. The summed E-state index contributed by atoms with van der Waals surface area (Å²) in [5, 5.41) is 9.76. The Bertz CT molecular complexity index is 1290. The first-order chi connectivity index (χ1) is 20.7. The fourth-order valence-corrected chi connectivity index (χ4v) is 3.61. The van der Waals surface area contributed by atoms with Gasteiger partial charge >= 0.3 is 12.2 Å². The van der Waals surface area contributed by atoms with Crippen LogP contribution in [-0.2, 0) is 54.5 Å². The third-order valence-corrected chi connectivity index (χ3v) is 5.81. The van der Waals surface area contributed by atoms with Crippen molar-refractivity contribution in [1.29, 1.82) is 0 Å². The summed E-state index contributed by atoms with van der Waals surface area (Å²) in [7, 11) is 0. The lowest BCUT2D eigenvalue weighted by Crippen LogP contribution is -2.51. The first-order valence-electron chi connectivity index (χ1n) is 13.2. The Morgan fingerprint density at radius 1 is 0.932 bits per heavy atom. The van der Waals surface area contributed by atoms with Gasteiger partial charge in [-0.05, 0) is 31.0 Å². The number of primary amides is 1. The second-order valence-corrected chi connectivity index (χ2v) is 9.41. The highest BCUT2D eigenvalue weighted by Gasteiger charge is 2.32. The topological polar surface area (TPSA) is 249 Å². The zero-order valence-electron chi connectivity index (χ0n) is 23.5. The summed E-state index contributed by atoms with van der Waals surface area (Å²) in [5.41, 5.74) is 5.84. The monoisotopic (exact) mass is 622 g/mol. The van der Waals surface area contributed by atoms with Gasteiger partial charge < -0.3 is 36.6 Å². The zero-order chi connectivity index (χ0) is 32.8. The van der Waals surface area contributed by atoms with Crippen LogP contribution in [0.1, 0.15) is 51.0 Å². The summed E-state index contributed by atoms with van der Waals surface area (Å²) < 4.78 is 16.4. The van der Waals surface area contributed by atoms with E-state index in [-0.39, 0.29) is 44.4 Å². The van der Waals surface area contributed by atoms with Gasteiger partial charge in [-0.3, -0.25) is 33.6 Å². The van der Waals surface area contributed by atoms with Crippen LogP contribution in [0.4, 0.5) is 14.9 Å². The molecule has 18 heteroatoms. The summed E-state index contributed by atoms with van der Waals surface area (Å²) in [5.74, 6) is -6.06. The van der Waals surface area contributed by atoms with Crippen LogP contribution in [0.3, 0.4) is 0 Å². The van der Waals surface area contributed by atoms with Gasteiger partial charge in [-0.15, -0.1) is 9.45 Å². The average molecular weight is 623 g/mol. The van der Waals surface area contributed by atoms with Gasteiger partial charge in [0.05, 0.1) is 13.0 Å². The molecular weight excluding hydrogens is 591 g/mol. The van der Waals surface area contributed by atoms with E-state index in [1.54, 1.807) is 0 Å². The number of hydroxylamine groups is 2. The van der Waals surface area contributed by atoms with Crippen molar-refractivity contribution in [3.63, 3.8) is 0 Å². The number of rotatable bonds is 16. The Labute approximate surface area is 249 Å². The second kappa shape index (κ2) is 16.9. The predicted molar refractivity (Wildman–Crippen MR) is 144 cm³/mol. The summed E-state index contributed by atoms with van der Waals surface area (Å²) >= 11 is 0. The second-order valence-electron chi connectivity index (χ2n) is 9.41. The molecule has 2 atom stereocenters. The van der Waals surface area contributed by atoms with Gasteiger partial charge in [-0.1, -0.05) is 12.1 Å².